The van der Waals surface area contributed by atoms with Crippen LogP contribution in [0, 0.1) is 0 Å². The van der Waals surface area contributed by atoms with Crippen molar-refractivity contribution in [2.45, 2.75) is 50.5 Å². The third kappa shape index (κ3) is 4.60. The molecule has 1 aliphatic heterocycles. The minimum atomic E-state index is -0.216. The van der Waals surface area contributed by atoms with Crippen molar-refractivity contribution in [1.82, 2.24) is 0 Å². The average Bonchev–Trinajstić information content (AvgIpc) is 3.83. The molecule has 0 radical (unpaired) electrons. The summed E-state index contributed by atoms with van der Waals surface area (Å²) in [6.07, 6.45) is 6.69. The van der Waals surface area contributed by atoms with Gasteiger partial charge in [0, 0.05) is 33.7 Å². The molecule has 0 saturated heterocycles. The molecule has 2 nitrogen and oxygen atoms in total. The minimum absolute atomic E-state index is 0.0540. The topological polar surface area (TPSA) is 12.5 Å². The smallest absolute Gasteiger partial charge is 0.149 e. The molecule has 0 saturated carbocycles. The number of nitrogens with zero attached hydrogens (tertiary/aromatic N) is 1. The second-order valence-electron chi connectivity index (χ2n) is 17.6. The lowest BCUT2D eigenvalue weighted by molar-refractivity contribution is 0.253. The van der Waals surface area contributed by atoms with E-state index in [9.17, 15) is 0 Å². The van der Waals surface area contributed by atoms with Crippen molar-refractivity contribution in [1.29, 1.82) is 0 Å². The van der Waals surface area contributed by atoms with Gasteiger partial charge in [-0.2, -0.15) is 0 Å². The molecule has 0 fully saturated rings. The number of fused-ring (bicyclic) bond motifs is 12. The van der Waals surface area contributed by atoms with Gasteiger partial charge in [0.1, 0.15) is 11.9 Å². The lowest BCUT2D eigenvalue weighted by Crippen LogP contribution is -2.33. The molecule has 0 aromatic heterocycles. The highest BCUT2D eigenvalue weighted by molar-refractivity contribution is 6.03. The molecule has 0 amide bonds. The molecule has 4 aliphatic rings. The predicted molar refractivity (Wildman–Crippen MR) is 241 cm³/mol. The summed E-state index contributed by atoms with van der Waals surface area (Å²) < 4.78 is 7.31. The maximum Gasteiger partial charge on any atom is 0.149 e. The van der Waals surface area contributed by atoms with Crippen LogP contribution in [0.3, 0.4) is 0 Å². The Morgan fingerprint density at radius 3 is 1.72 bits per heavy atom. The second kappa shape index (κ2) is 11.9. The maximum atomic E-state index is 7.31. The minimum Gasteiger partial charge on any atom is -0.483 e. The van der Waals surface area contributed by atoms with E-state index in [0.717, 1.165) is 22.8 Å². The first-order chi connectivity index (χ1) is 28.3. The Bertz CT molecular complexity index is 3020. The summed E-state index contributed by atoms with van der Waals surface area (Å²) in [5.74, 6) is 1.02. The molecule has 0 N–H and O–H groups in total. The van der Waals surface area contributed by atoms with E-state index in [4.69, 9.17) is 4.74 Å². The van der Waals surface area contributed by atoms with E-state index in [1.165, 1.54) is 82.7 Å². The van der Waals surface area contributed by atoms with Crippen LogP contribution in [0.2, 0.25) is 0 Å². The second-order valence-corrected chi connectivity index (χ2v) is 17.6. The zero-order valence-corrected chi connectivity index (χ0v) is 33.3. The van der Waals surface area contributed by atoms with Gasteiger partial charge in [0.2, 0.25) is 0 Å². The van der Waals surface area contributed by atoms with Gasteiger partial charge < -0.3 is 9.64 Å². The summed E-state index contributed by atoms with van der Waals surface area (Å²) in [6, 6.07) is 58.7. The van der Waals surface area contributed by atoms with Crippen LogP contribution in [-0.2, 0) is 10.8 Å². The first-order valence-corrected chi connectivity index (χ1v) is 20.7. The predicted octanol–water partition coefficient (Wildman–Crippen LogP) is 14.4. The molecular formula is C56H43NO. The van der Waals surface area contributed by atoms with Crippen molar-refractivity contribution in [3.63, 3.8) is 0 Å². The highest BCUT2D eigenvalue weighted by Gasteiger charge is 2.43. The van der Waals surface area contributed by atoms with E-state index in [1.807, 2.05) is 0 Å². The van der Waals surface area contributed by atoms with Gasteiger partial charge in [-0.15, -0.1) is 0 Å². The summed E-state index contributed by atoms with van der Waals surface area (Å²) in [7, 11) is 0. The lowest BCUT2D eigenvalue weighted by atomic mass is 9.81. The molecule has 278 valence electrons. The number of anilines is 2. The number of benzene rings is 8. The summed E-state index contributed by atoms with van der Waals surface area (Å²) in [5.41, 5.74) is 17.6. The maximum absolute atomic E-state index is 7.31. The number of hydrogen-bond acceptors (Lipinski definition) is 2. The average molecular weight is 746 g/mol. The zero-order chi connectivity index (χ0) is 38.9. The van der Waals surface area contributed by atoms with Crippen molar-refractivity contribution >= 4 is 32.9 Å². The molecule has 2 heteroatoms. The number of hydrogen-bond donors (Lipinski definition) is 0. The Morgan fingerprint density at radius 2 is 1.05 bits per heavy atom. The van der Waals surface area contributed by atoms with Crippen LogP contribution in [0.25, 0.3) is 54.9 Å². The zero-order valence-electron chi connectivity index (χ0n) is 33.3. The molecule has 2 atom stereocenters. The fourth-order valence-corrected chi connectivity index (χ4v) is 10.9. The quantitative estimate of drug-likeness (QED) is 0.178. The molecule has 1 heterocycles. The van der Waals surface area contributed by atoms with Gasteiger partial charge in [-0.3, -0.25) is 0 Å². The molecule has 58 heavy (non-hydrogen) atoms. The Hall–Kier alpha value is -6.64. The van der Waals surface area contributed by atoms with Gasteiger partial charge in [-0.05, 0) is 120 Å². The van der Waals surface area contributed by atoms with Crippen molar-refractivity contribution in [3.8, 4) is 39.1 Å². The van der Waals surface area contributed by atoms with Crippen molar-refractivity contribution in [3.05, 3.63) is 209 Å². The lowest BCUT2D eigenvalue weighted by Gasteiger charge is -2.35. The third-order valence-electron chi connectivity index (χ3n) is 13.8. The summed E-state index contributed by atoms with van der Waals surface area (Å²) in [4.78, 5) is 2.50. The van der Waals surface area contributed by atoms with Gasteiger partial charge in [0.05, 0.1) is 5.70 Å². The highest BCUT2D eigenvalue weighted by Crippen LogP contribution is 2.55. The van der Waals surface area contributed by atoms with Crippen LogP contribution < -0.4 is 9.64 Å². The van der Waals surface area contributed by atoms with Gasteiger partial charge >= 0.3 is 0 Å². The van der Waals surface area contributed by atoms with Crippen molar-refractivity contribution in [2.75, 3.05) is 4.90 Å². The molecular weight excluding hydrogens is 703 g/mol. The fraction of sp³-hybridized carbons (Fsp3) is 0.143. The van der Waals surface area contributed by atoms with E-state index in [-0.39, 0.29) is 22.9 Å². The van der Waals surface area contributed by atoms with E-state index in [1.54, 1.807) is 0 Å². The van der Waals surface area contributed by atoms with Crippen LogP contribution in [0.4, 0.5) is 11.4 Å². The highest BCUT2D eigenvalue weighted by atomic mass is 16.5. The summed E-state index contributed by atoms with van der Waals surface area (Å²) >= 11 is 0. The Balaban J connectivity index is 1.03. The Morgan fingerprint density at radius 1 is 0.483 bits per heavy atom. The van der Waals surface area contributed by atoms with Crippen LogP contribution in [-0.4, -0.2) is 6.10 Å². The monoisotopic (exact) mass is 745 g/mol. The van der Waals surface area contributed by atoms with E-state index in [0.29, 0.717) is 0 Å². The SMILES string of the molecule is CC1(C)c2ccccc2-c2ccc(N(C3=CC=CC4c5c(cc(-c6ccc7ccccc7c6)c6ccccc56)OC34)c3ccc4c(c3)C(C)(C)c3ccccc3-4)cc21. The fourth-order valence-electron chi connectivity index (χ4n) is 10.9. The Labute approximate surface area is 340 Å². The van der Waals surface area contributed by atoms with Crippen LogP contribution >= 0.6 is 0 Å². The van der Waals surface area contributed by atoms with Gasteiger partial charge in [-0.25, -0.2) is 0 Å². The molecule has 8 aromatic rings. The normalized spacial score (nSPS) is 18.4. The van der Waals surface area contributed by atoms with Crippen LogP contribution in [0.5, 0.6) is 5.75 Å². The van der Waals surface area contributed by atoms with Gasteiger partial charge in [-0.1, -0.05) is 161 Å². The van der Waals surface area contributed by atoms with Crippen LogP contribution in [0.1, 0.15) is 61.4 Å². The van der Waals surface area contributed by atoms with Crippen molar-refractivity contribution < 1.29 is 4.74 Å². The van der Waals surface area contributed by atoms with E-state index >= 15 is 0 Å². The number of allylic oxidation sites excluding steroid dienone is 2. The largest absolute Gasteiger partial charge is 0.483 e. The number of rotatable bonds is 4. The third-order valence-corrected chi connectivity index (χ3v) is 13.8. The van der Waals surface area contributed by atoms with Gasteiger partial charge in [0.25, 0.3) is 0 Å². The summed E-state index contributed by atoms with van der Waals surface area (Å²) in [5, 5.41) is 4.99. The van der Waals surface area contributed by atoms with Crippen LogP contribution in [0.15, 0.2) is 182 Å². The first-order valence-electron chi connectivity index (χ1n) is 20.7. The van der Waals surface area contributed by atoms with Crippen molar-refractivity contribution in [2.24, 2.45) is 0 Å². The molecule has 12 rings (SSSR count). The molecule has 0 spiro atoms. The first kappa shape index (κ1) is 33.5. The molecule has 8 aromatic carbocycles. The molecule has 0 bridgehead atoms. The Kier molecular flexibility index (Phi) is 6.90. The molecule has 3 aliphatic carbocycles. The van der Waals surface area contributed by atoms with E-state index < -0.39 is 0 Å². The summed E-state index contributed by atoms with van der Waals surface area (Å²) in [6.45, 7) is 9.48. The molecule has 2 unspecified atom stereocenters. The van der Waals surface area contributed by atoms with E-state index in [2.05, 4.69) is 209 Å². The standard InChI is InChI=1S/C56H43NO/c1-55(2)47-21-11-9-17-40(47)42-28-26-37(31-49(42)55)57(38-27-29-43-41-18-10-12-22-48(41)56(3,4)50(43)32-38)51-23-13-20-45-53-44-19-8-7-16-39(44)46(33-52(53)58-54(45)51)36-25-24-34-14-5-6-15-35(34)30-36/h5-33,45,54H,1-4H3. The number of ether oxygens (including phenoxy) is 1. The van der Waals surface area contributed by atoms with Gasteiger partial charge in [0.15, 0.2) is 0 Å².